The smallest absolute Gasteiger partial charge is 0.140 e. The molecule has 0 spiro atoms. The normalized spacial score (nSPS) is 56.6. The Morgan fingerprint density at radius 2 is 1.29 bits per heavy atom. The maximum atomic E-state index is 12.9. The van der Waals surface area contributed by atoms with Gasteiger partial charge in [-0.1, -0.05) is 30.3 Å². The van der Waals surface area contributed by atoms with Crippen LogP contribution in [0.4, 0.5) is 0 Å². The average molecular weight is 368 g/mol. The lowest BCUT2D eigenvalue weighted by molar-refractivity contribution is -0.122. The zero-order chi connectivity index (χ0) is 18.0. The fourth-order valence-corrected chi connectivity index (χ4v) is 11.6. The summed E-state index contributed by atoms with van der Waals surface area (Å²) in [6.45, 7) is 0. The van der Waals surface area contributed by atoms with E-state index in [0.29, 0.717) is 11.8 Å². The number of carbonyl (C=O) groups is 1. The first-order valence-electron chi connectivity index (χ1n) is 11.4. The molecule has 0 aliphatic heterocycles. The zero-order valence-electron chi connectivity index (χ0n) is 16.0. The van der Waals surface area contributed by atoms with Crippen LogP contribution < -0.4 is 4.74 Å². The minimum Gasteiger partial charge on any atom is -0.496 e. The van der Waals surface area contributed by atoms with Gasteiger partial charge in [-0.25, -0.2) is 0 Å². The summed E-state index contributed by atoms with van der Waals surface area (Å²) in [7, 11) is 1.78. The molecule has 0 N–H and O–H groups in total. The minimum atomic E-state index is 0.528. The number of rotatable bonds is 3. The first-order valence-corrected chi connectivity index (χ1v) is 11.4. The van der Waals surface area contributed by atoms with Crippen molar-refractivity contribution < 1.29 is 9.53 Å². The Morgan fingerprint density at radius 1 is 0.714 bits per heavy atom. The highest BCUT2D eigenvalue weighted by atomic mass is 16.5. The van der Waals surface area contributed by atoms with E-state index in [9.17, 15) is 4.79 Å². The number of hydrogen-bond donors (Lipinski definition) is 0. The van der Waals surface area contributed by atoms with Crippen LogP contribution in [0.25, 0.3) is 10.8 Å². The molecular weight excluding hydrogens is 344 g/mol. The molecule has 8 aliphatic carbocycles. The summed E-state index contributed by atoms with van der Waals surface area (Å²) in [6, 6.07) is 13.3. The zero-order valence-corrected chi connectivity index (χ0v) is 16.0. The third kappa shape index (κ3) is 1.11. The Hall–Kier alpha value is -1.83. The molecule has 0 radical (unpaired) electrons. The number of benzene rings is 2. The molecule has 28 heavy (non-hydrogen) atoms. The quantitative estimate of drug-likeness (QED) is 0.816. The van der Waals surface area contributed by atoms with Gasteiger partial charge in [0, 0.05) is 17.2 Å². The number of Topliss-reactive ketones (excluding diaryl/α,β-unsaturated/α-hetero) is 1. The average Bonchev–Trinajstić information content (AvgIpc) is 3.49. The Bertz CT molecular complexity index is 1040. The van der Waals surface area contributed by atoms with Crippen molar-refractivity contribution in [2.75, 3.05) is 7.11 Å². The van der Waals surface area contributed by atoms with E-state index in [2.05, 4.69) is 36.4 Å². The van der Waals surface area contributed by atoms with Crippen molar-refractivity contribution in [3.63, 3.8) is 0 Å². The second-order valence-electron chi connectivity index (χ2n) is 11.1. The van der Waals surface area contributed by atoms with Gasteiger partial charge in [0.25, 0.3) is 0 Å². The lowest BCUT2D eigenvalue weighted by atomic mass is 9.80. The highest BCUT2D eigenvalue weighted by molar-refractivity contribution is 5.92. The van der Waals surface area contributed by atoms with Gasteiger partial charge >= 0.3 is 0 Å². The topological polar surface area (TPSA) is 26.3 Å². The Balaban J connectivity index is 1.17. The van der Waals surface area contributed by atoms with E-state index in [1.165, 1.54) is 22.8 Å². The summed E-state index contributed by atoms with van der Waals surface area (Å²) >= 11 is 0. The maximum Gasteiger partial charge on any atom is 0.140 e. The van der Waals surface area contributed by atoms with E-state index >= 15 is 0 Å². The van der Waals surface area contributed by atoms with Crippen molar-refractivity contribution in [2.24, 2.45) is 76.9 Å². The molecule has 10 rings (SSSR count). The molecule has 2 nitrogen and oxygen atoms in total. The third-order valence-corrected chi connectivity index (χ3v) is 11.3. The van der Waals surface area contributed by atoms with Gasteiger partial charge in [0.15, 0.2) is 0 Å². The molecule has 0 heterocycles. The van der Waals surface area contributed by atoms with Crippen LogP contribution in [0.1, 0.15) is 5.56 Å². The summed E-state index contributed by atoms with van der Waals surface area (Å²) in [5, 5.41) is 2.65. The van der Waals surface area contributed by atoms with Gasteiger partial charge in [0.1, 0.15) is 11.5 Å². The first-order chi connectivity index (χ1) is 13.8. The van der Waals surface area contributed by atoms with E-state index in [1.807, 2.05) is 0 Å². The number of carbonyl (C=O) groups excluding carboxylic acids is 1. The van der Waals surface area contributed by atoms with Crippen LogP contribution in [-0.2, 0) is 11.2 Å². The van der Waals surface area contributed by atoms with Crippen LogP contribution in [-0.4, -0.2) is 12.9 Å². The van der Waals surface area contributed by atoms with Crippen molar-refractivity contribution in [1.29, 1.82) is 0 Å². The molecule has 0 aromatic heterocycles. The summed E-state index contributed by atoms with van der Waals surface area (Å²) in [6.07, 6.45) is 1.25. The fraction of sp³-hybridized carbons (Fsp3) is 0.577. The maximum absolute atomic E-state index is 12.9. The molecule has 8 saturated carbocycles. The highest BCUT2D eigenvalue weighted by Gasteiger charge is 2.92. The molecule has 140 valence electrons. The van der Waals surface area contributed by atoms with Crippen LogP contribution in [0.15, 0.2) is 36.4 Å². The predicted molar refractivity (Wildman–Crippen MR) is 105 cm³/mol. The van der Waals surface area contributed by atoms with Crippen molar-refractivity contribution in [2.45, 2.75) is 6.42 Å². The second-order valence-corrected chi connectivity index (χ2v) is 11.1. The summed E-state index contributed by atoms with van der Waals surface area (Å²) in [4.78, 5) is 12.9. The fourth-order valence-electron chi connectivity index (χ4n) is 11.6. The van der Waals surface area contributed by atoms with Crippen LogP contribution in [0.5, 0.6) is 5.75 Å². The SMILES string of the molecule is COc1ccc(CC2C3C4C5C6C(=O)C7C5C3C3C2C4C6C73)c2ccccc12. The van der Waals surface area contributed by atoms with Crippen molar-refractivity contribution in [3.8, 4) is 5.75 Å². The molecule has 0 amide bonds. The van der Waals surface area contributed by atoms with Crippen molar-refractivity contribution >= 4 is 16.6 Å². The molecule has 2 aromatic rings. The van der Waals surface area contributed by atoms with Gasteiger partial charge in [-0.3, -0.25) is 4.79 Å². The lowest BCUT2D eigenvalue weighted by Crippen LogP contribution is -2.21. The first kappa shape index (κ1) is 14.2. The number of ketones is 1. The van der Waals surface area contributed by atoms with Gasteiger partial charge in [-0.05, 0) is 88.5 Å². The number of hydrogen-bond acceptors (Lipinski definition) is 2. The molecular formula is C26H24O2. The van der Waals surface area contributed by atoms with Gasteiger partial charge in [-0.2, -0.15) is 0 Å². The van der Waals surface area contributed by atoms with Crippen LogP contribution in [0, 0.1) is 76.9 Å². The molecule has 2 aromatic carbocycles. The monoisotopic (exact) mass is 368 g/mol. The van der Waals surface area contributed by atoms with E-state index in [0.717, 1.165) is 76.6 Å². The van der Waals surface area contributed by atoms with Crippen LogP contribution in [0.2, 0.25) is 0 Å². The van der Waals surface area contributed by atoms with Crippen LogP contribution >= 0.6 is 0 Å². The Kier molecular flexibility index (Phi) is 2.06. The van der Waals surface area contributed by atoms with Crippen molar-refractivity contribution in [3.05, 3.63) is 42.0 Å². The second kappa shape index (κ2) is 4.06. The van der Waals surface area contributed by atoms with Crippen LogP contribution in [0.3, 0.4) is 0 Å². The third-order valence-electron chi connectivity index (χ3n) is 11.3. The van der Waals surface area contributed by atoms with E-state index in [1.54, 1.807) is 7.11 Å². The molecule has 8 aliphatic rings. The summed E-state index contributed by atoms with van der Waals surface area (Å²) < 4.78 is 5.63. The lowest BCUT2D eigenvalue weighted by Gasteiger charge is -2.24. The van der Waals surface area contributed by atoms with E-state index in [4.69, 9.17) is 4.74 Å². The van der Waals surface area contributed by atoms with E-state index < -0.39 is 0 Å². The molecule has 8 fully saturated rings. The van der Waals surface area contributed by atoms with Gasteiger partial charge in [-0.15, -0.1) is 0 Å². The minimum absolute atomic E-state index is 0.528. The molecule has 8 unspecified atom stereocenters. The van der Waals surface area contributed by atoms with E-state index in [-0.39, 0.29) is 0 Å². The number of methoxy groups -OCH3 is 1. The molecule has 4 bridgehead atoms. The standard InChI is InChI=1S/C26H24O2/c1-28-13-7-6-9(10-4-2-3-5-11(10)13)8-12-14-16-18-15(12)19-17(14)21-20(16)24-22(18)23(19)25(21)26(24)27/h2-7,12,14-25H,8H2,1H3. The molecule has 2 heteroatoms. The predicted octanol–water partition coefficient (Wildman–Crippen LogP) is 4.07. The Morgan fingerprint density at radius 3 is 1.86 bits per heavy atom. The van der Waals surface area contributed by atoms with Crippen molar-refractivity contribution in [1.82, 2.24) is 0 Å². The summed E-state index contributed by atoms with van der Waals surface area (Å²) in [5.74, 6) is 12.6. The molecule has 8 atom stereocenters. The van der Waals surface area contributed by atoms with Gasteiger partial charge in [0.2, 0.25) is 0 Å². The highest BCUT2D eigenvalue weighted by Crippen LogP contribution is 2.93. The number of ether oxygens (including phenoxy) is 1. The van der Waals surface area contributed by atoms with Gasteiger partial charge < -0.3 is 4.74 Å². The number of fused-ring (bicyclic) bond motifs is 1. The summed E-state index contributed by atoms with van der Waals surface area (Å²) in [5.41, 5.74) is 1.53. The largest absolute Gasteiger partial charge is 0.496 e. The Labute approximate surface area is 164 Å². The molecule has 0 saturated heterocycles. The van der Waals surface area contributed by atoms with Gasteiger partial charge in [0.05, 0.1) is 7.11 Å².